The van der Waals surface area contributed by atoms with Crippen LogP contribution in [0.3, 0.4) is 0 Å². The van der Waals surface area contributed by atoms with Gasteiger partial charge in [-0.1, -0.05) is 6.07 Å². The Morgan fingerprint density at radius 3 is 2.62 bits per heavy atom. The molecule has 26 heavy (non-hydrogen) atoms. The third-order valence-corrected chi connectivity index (χ3v) is 4.53. The van der Waals surface area contributed by atoms with Crippen LogP contribution < -0.4 is 10.2 Å². The molecule has 136 valence electrons. The van der Waals surface area contributed by atoms with Gasteiger partial charge in [-0.25, -0.2) is 9.97 Å². The number of benzene rings is 1. The first-order valence-electron chi connectivity index (χ1n) is 8.60. The zero-order valence-corrected chi connectivity index (χ0v) is 14.9. The van der Waals surface area contributed by atoms with Crippen molar-refractivity contribution in [2.24, 2.45) is 0 Å². The van der Waals surface area contributed by atoms with Crippen molar-refractivity contribution >= 4 is 23.2 Å². The molecule has 8 heteroatoms. The van der Waals surface area contributed by atoms with Gasteiger partial charge in [-0.3, -0.25) is 14.9 Å². The average molecular weight is 355 g/mol. The minimum Gasteiger partial charge on any atom is -0.341 e. The highest BCUT2D eigenvalue weighted by atomic mass is 16.6. The van der Waals surface area contributed by atoms with Gasteiger partial charge in [0.1, 0.15) is 0 Å². The molecule has 3 rings (SSSR count). The van der Waals surface area contributed by atoms with Crippen LogP contribution in [0.25, 0.3) is 0 Å². The zero-order valence-electron chi connectivity index (χ0n) is 14.9. The maximum Gasteiger partial charge on any atom is 0.271 e. The molecule has 8 nitrogen and oxygen atoms in total. The molecule has 0 radical (unpaired) electrons. The molecule has 1 N–H and O–H groups in total. The van der Waals surface area contributed by atoms with Crippen molar-refractivity contribution in [3.8, 4) is 0 Å². The average Bonchev–Trinajstić information content (AvgIpc) is 2.63. The topological polar surface area (TPSA) is 101 Å². The number of carbonyl (C=O) groups excluding carboxylic acids is 1. The minimum atomic E-state index is -0.489. The fourth-order valence-electron chi connectivity index (χ4n) is 2.97. The minimum absolute atomic E-state index is 0.0701. The third kappa shape index (κ3) is 3.79. The summed E-state index contributed by atoms with van der Waals surface area (Å²) in [6.07, 6.45) is 4.99. The first-order valence-corrected chi connectivity index (χ1v) is 8.60. The lowest BCUT2D eigenvalue weighted by atomic mass is 10.1. The van der Waals surface area contributed by atoms with E-state index in [0.717, 1.165) is 31.5 Å². The summed E-state index contributed by atoms with van der Waals surface area (Å²) in [5.41, 5.74) is 2.02. The van der Waals surface area contributed by atoms with Gasteiger partial charge in [0.15, 0.2) is 0 Å². The van der Waals surface area contributed by atoms with Crippen LogP contribution in [0.4, 0.5) is 17.3 Å². The van der Waals surface area contributed by atoms with Crippen LogP contribution in [0.15, 0.2) is 24.4 Å². The van der Waals surface area contributed by atoms with Gasteiger partial charge in [0.25, 0.3) is 11.6 Å². The number of non-ortho nitro benzene ring substituents is 1. The Hall–Kier alpha value is -3.03. The van der Waals surface area contributed by atoms with Crippen molar-refractivity contribution < 1.29 is 9.72 Å². The number of hydrogen-bond acceptors (Lipinski definition) is 6. The van der Waals surface area contributed by atoms with Crippen LogP contribution >= 0.6 is 0 Å². The van der Waals surface area contributed by atoms with Crippen molar-refractivity contribution in [3.05, 3.63) is 51.3 Å². The number of hydrogen-bond donors (Lipinski definition) is 1. The van der Waals surface area contributed by atoms with Crippen molar-refractivity contribution in [1.29, 1.82) is 0 Å². The molecule has 0 bridgehead atoms. The number of nitrogens with zero attached hydrogens (tertiary/aromatic N) is 4. The summed E-state index contributed by atoms with van der Waals surface area (Å²) >= 11 is 0. The number of aromatic nitrogens is 2. The van der Waals surface area contributed by atoms with Crippen LogP contribution in [-0.4, -0.2) is 33.9 Å². The van der Waals surface area contributed by atoms with Gasteiger partial charge in [-0.2, -0.15) is 0 Å². The summed E-state index contributed by atoms with van der Waals surface area (Å²) in [6, 6.07) is 4.37. The van der Waals surface area contributed by atoms with E-state index in [1.807, 2.05) is 0 Å². The molecule has 0 aliphatic carbocycles. The summed E-state index contributed by atoms with van der Waals surface area (Å²) < 4.78 is 0. The molecule has 0 saturated carbocycles. The van der Waals surface area contributed by atoms with E-state index in [4.69, 9.17) is 0 Å². The van der Waals surface area contributed by atoms with Crippen molar-refractivity contribution in [2.75, 3.05) is 23.3 Å². The Morgan fingerprint density at radius 1 is 1.23 bits per heavy atom. The molecule has 2 heterocycles. The van der Waals surface area contributed by atoms with Gasteiger partial charge in [0.2, 0.25) is 5.95 Å². The Kier molecular flexibility index (Phi) is 5.11. The predicted molar refractivity (Wildman–Crippen MR) is 98.6 cm³/mol. The largest absolute Gasteiger partial charge is 0.341 e. The number of carbonyl (C=O) groups is 1. The monoisotopic (exact) mass is 355 g/mol. The molecule has 1 aromatic heterocycles. The van der Waals surface area contributed by atoms with E-state index in [0.29, 0.717) is 22.9 Å². The highest BCUT2D eigenvalue weighted by Gasteiger charge is 2.18. The fraction of sp³-hybridized carbons (Fsp3) is 0.389. The van der Waals surface area contributed by atoms with Crippen LogP contribution in [-0.2, 0) is 0 Å². The smallest absolute Gasteiger partial charge is 0.271 e. The molecule has 0 spiro atoms. The maximum atomic E-state index is 12.6. The summed E-state index contributed by atoms with van der Waals surface area (Å²) in [6.45, 7) is 5.40. The van der Waals surface area contributed by atoms with Gasteiger partial charge in [-0.05, 0) is 38.7 Å². The number of amides is 1. The fourth-order valence-corrected chi connectivity index (χ4v) is 2.97. The van der Waals surface area contributed by atoms with Gasteiger partial charge < -0.3 is 10.2 Å². The number of piperidine rings is 1. The normalized spacial score (nSPS) is 14.2. The van der Waals surface area contributed by atoms with Crippen molar-refractivity contribution in [3.63, 3.8) is 0 Å². The predicted octanol–water partition coefficient (Wildman–Crippen LogP) is 3.24. The maximum absolute atomic E-state index is 12.6. The van der Waals surface area contributed by atoms with Crippen LogP contribution in [0.2, 0.25) is 0 Å². The summed E-state index contributed by atoms with van der Waals surface area (Å²) in [5, 5.41) is 13.7. The van der Waals surface area contributed by atoms with E-state index >= 15 is 0 Å². The Labute approximate surface area is 151 Å². The molecule has 1 aliphatic rings. The Bertz CT molecular complexity index is 847. The molecule has 0 atom stereocenters. The lowest BCUT2D eigenvalue weighted by molar-refractivity contribution is -0.384. The second-order valence-corrected chi connectivity index (χ2v) is 6.43. The number of nitrogens with one attached hydrogen (secondary N) is 1. The summed E-state index contributed by atoms with van der Waals surface area (Å²) in [4.78, 5) is 34.0. The van der Waals surface area contributed by atoms with Crippen LogP contribution in [0.1, 0.15) is 40.9 Å². The van der Waals surface area contributed by atoms with E-state index in [-0.39, 0.29) is 11.6 Å². The molecule has 1 aromatic carbocycles. The quantitative estimate of drug-likeness (QED) is 0.667. The Morgan fingerprint density at radius 2 is 1.96 bits per heavy atom. The standard InChI is InChI=1S/C18H21N5O3/c1-12-6-7-14(23(25)26)10-16(12)21-17(24)15-11-19-18(20-13(15)2)22-8-4-3-5-9-22/h6-7,10-11H,3-5,8-9H2,1-2H3,(H,21,24). The summed E-state index contributed by atoms with van der Waals surface area (Å²) in [5.74, 6) is 0.265. The highest BCUT2D eigenvalue weighted by molar-refractivity contribution is 6.05. The summed E-state index contributed by atoms with van der Waals surface area (Å²) in [7, 11) is 0. The SMILES string of the molecule is Cc1ccc([N+](=O)[O-])cc1NC(=O)c1cnc(N2CCCCC2)nc1C. The molecule has 1 amide bonds. The van der Waals surface area contributed by atoms with Crippen LogP contribution in [0.5, 0.6) is 0 Å². The van der Waals surface area contributed by atoms with Gasteiger partial charge in [0, 0.05) is 31.4 Å². The van der Waals surface area contributed by atoms with E-state index < -0.39 is 4.92 Å². The first-order chi connectivity index (χ1) is 12.5. The molecule has 1 aliphatic heterocycles. The number of aryl methyl sites for hydroxylation is 2. The first kappa shape index (κ1) is 17.8. The Balaban J connectivity index is 1.80. The van der Waals surface area contributed by atoms with E-state index in [9.17, 15) is 14.9 Å². The highest BCUT2D eigenvalue weighted by Crippen LogP contribution is 2.23. The molecule has 1 saturated heterocycles. The zero-order chi connectivity index (χ0) is 18.7. The van der Waals surface area contributed by atoms with Gasteiger partial charge >= 0.3 is 0 Å². The molecular weight excluding hydrogens is 334 g/mol. The van der Waals surface area contributed by atoms with Gasteiger partial charge in [0.05, 0.1) is 21.9 Å². The van der Waals surface area contributed by atoms with Crippen LogP contribution in [0, 0.1) is 24.0 Å². The molecule has 0 unspecified atom stereocenters. The van der Waals surface area contributed by atoms with Crippen molar-refractivity contribution in [1.82, 2.24) is 9.97 Å². The van der Waals surface area contributed by atoms with E-state index in [1.54, 1.807) is 19.9 Å². The number of nitro groups is 1. The number of anilines is 2. The number of rotatable bonds is 4. The van der Waals surface area contributed by atoms with E-state index in [1.165, 1.54) is 24.8 Å². The molecule has 1 fully saturated rings. The van der Waals surface area contributed by atoms with Gasteiger partial charge in [-0.15, -0.1) is 0 Å². The van der Waals surface area contributed by atoms with Crippen molar-refractivity contribution in [2.45, 2.75) is 33.1 Å². The lowest BCUT2D eigenvalue weighted by Crippen LogP contribution is -2.31. The molecule has 2 aromatic rings. The third-order valence-electron chi connectivity index (χ3n) is 4.53. The lowest BCUT2D eigenvalue weighted by Gasteiger charge is -2.26. The molecular formula is C18H21N5O3. The van der Waals surface area contributed by atoms with E-state index in [2.05, 4.69) is 20.2 Å². The second kappa shape index (κ2) is 7.47. The second-order valence-electron chi connectivity index (χ2n) is 6.43. The number of nitro benzene ring substituents is 1.